The summed E-state index contributed by atoms with van der Waals surface area (Å²) in [5, 5.41) is 25.8. The van der Waals surface area contributed by atoms with E-state index in [0.29, 0.717) is 42.2 Å². The molecule has 0 saturated heterocycles. The maximum absolute atomic E-state index is 13.3. The Morgan fingerprint density at radius 2 is 1.97 bits per heavy atom. The molecule has 2 heterocycles. The van der Waals surface area contributed by atoms with E-state index in [1.165, 1.54) is 19.6 Å². The number of pyridine rings is 1. The number of nitrogens with two attached hydrogens (primary N) is 1. The summed E-state index contributed by atoms with van der Waals surface area (Å²) in [7, 11) is 1.51. The fourth-order valence-electron chi connectivity index (χ4n) is 5.03. The van der Waals surface area contributed by atoms with Crippen LogP contribution in [0.25, 0.3) is 10.9 Å². The molecule has 1 fully saturated rings. The van der Waals surface area contributed by atoms with Crippen LogP contribution in [0, 0.1) is 5.92 Å². The molecule has 0 unspecified atom stereocenters. The van der Waals surface area contributed by atoms with Crippen molar-refractivity contribution in [3.05, 3.63) is 82.2 Å². The molecule has 5 N–H and O–H groups in total. The number of fused-ring (bicyclic) bond motifs is 1. The molecule has 38 heavy (non-hydrogen) atoms. The first-order valence-corrected chi connectivity index (χ1v) is 13.1. The molecule has 1 saturated carbocycles. The highest BCUT2D eigenvalue weighted by molar-refractivity contribution is 9.10. The Bertz CT molecular complexity index is 1480. The van der Waals surface area contributed by atoms with Gasteiger partial charge in [-0.1, -0.05) is 24.3 Å². The summed E-state index contributed by atoms with van der Waals surface area (Å²) < 4.78 is 6.10. The van der Waals surface area contributed by atoms with Gasteiger partial charge in [0.15, 0.2) is 0 Å². The Labute approximate surface area is 228 Å². The minimum atomic E-state index is -1.01. The molecule has 0 amide bonds. The van der Waals surface area contributed by atoms with Crippen LogP contribution in [0.4, 0.5) is 11.6 Å². The monoisotopic (exact) mass is 577 g/mol. The fourth-order valence-corrected chi connectivity index (χ4v) is 5.36. The van der Waals surface area contributed by atoms with Crippen LogP contribution in [0.5, 0.6) is 5.75 Å². The number of aromatic nitrogens is 3. The first-order valence-electron chi connectivity index (χ1n) is 12.3. The number of carbonyl (C=O) groups excluding carboxylic acids is 1. The summed E-state index contributed by atoms with van der Waals surface area (Å²) in [5.41, 5.74) is 8.47. The number of aliphatic hydroxyl groups is 2. The molecule has 5 rings (SSSR count). The van der Waals surface area contributed by atoms with Gasteiger partial charge in [0.2, 0.25) is 5.78 Å². The van der Waals surface area contributed by atoms with E-state index in [4.69, 9.17) is 10.5 Å². The van der Waals surface area contributed by atoms with E-state index in [1.54, 1.807) is 24.3 Å². The second-order valence-electron chi connectivity index (χ2n) is 9.46. The van der Waals surface area contributed by atoms with Crippen molar-refractivity contribution in [3.8, 4) is 5.75 Å². The SMILES string of the molecule is COc1ccccc1C(=O)c1cncnc1N[C@@H]1C[C@H](CCc2ccc3cc(Br)c(N)nc3c2)[C@@H](O)[C@H]1O. The molecule has 2 aromatic heterocycles. The predicted molar refractivity (Wildman–Crippen MR) is 148 cm³/mol. The first-order chi connectivity index (χ1) is 18.4. The molecule has 0 bridgehead atoms. The quantitative estimate of drug-likeness (QED) is 0.230. The van der Waals surface area contributed by atoms with Gasteiger partial charge in [0.05, 0.1) is 40.4 Å². The number of hydrogen-bond acceptors (Lipinski definition) is 9. The summed E-state index contributed by atoms with van der Waals surface area (Å²) in [6.45, 7) is 0. The number of halogens is 1. The normalized spacial score (nSPS) is 20.9. The molecular formula is C28H28BrN5O4. The Morgan fingerprint density at radius 3 is 2.79 bits per heavy atom. The van der Waals surface area contributed by atoms with Gasteiger partial charge in [-0.05, 0) is 70.9 Å². The van der Waals surface area contributed by atoms with Crippen molar-refractivity contribution < 1.29 is 19.7 Å². The van der Waals surface area contributed by atoms with Crippen molar-refractivity contribution in [2.45, 2.75) is 37.5 Å². The van der Waals surface area contributed by atoms with Gasteiger partial charge in [0.1, 0.15) is 29.8 Å². The molecule has 1 aliphatic rings. The van der Waals surface area contributed by atoms with Crippen molar-refractivity contribution in [1.82, 2.24) is 15.0 Å². The van der Waals surface area contributed by atoms with Crippen LogP contribution in [0.3, 0.4) is 0 Å². The number of methoxy groups -OCH3 is 1. The van der Waals surface area contributed by atoms with Gasteiger partial charge >= 0.3 is 0 Å². The number of carbonyl (C=O) groups is 1. The molecule has 0 radical (unpaired) electrons. The number of ether oxygens (including phenoxy) is 1. The highest BCUT2D eigenvalue weighted by Crippen LogP contribution is 2.34. The minimum Gasteiger partial charge on any atom is -0.496 e. The standard InChI is InChI=1S/C28H28BrN5O4/c1-38-23-5-3-2-4-18(23)25(36)19-13-31-14-32-28(19)34-22-12-17(24(35)26(22)37)9-7-15-6-8-16-11-20(29)27(30)33-21(16)10-15/h2-6,8,10-11,13-14,17,22,24,26,35,37H,7,9,12H2,1H3,(H2,30,33)(H,31,32,34)/t17-,22+,24+,26-/m0/s1. The number of benzene rings is 2. The van der Waals surface area contributed by atoms with Crippen molar-refractivity contribution in [3.63, 3.8) is 0 Å². The lowest BCUT2D eigenvalue weighted by Gasteiger charge is -2.20. The van der Waals surface area contributed by atoms with Gasteiger partial charge in [-0.25, -0.2) is 15.0 Å². The lowest BCUT2D eigenvalue weighted by molar-refractivity contribution is 0.0158. The molecule has 9 nitrogen and oxygen atoms in total. The Hall–Kier alpha value is -3.60. The van der Waals surface area contributed by atoms with Crippen LogP contribution in [0.2, 0.25) is 0 Å². The third-order valence-corrected chi connectivity index (χ3v) is 7.73. The highest BCUT2D eigenvalue weighted by atomic mass is 79.9. The van der Waals surface area contributed by atoms with Gasteiger partial charge in [0, 0.05) is 11.6 Å². The van der Waals surface area contributed by atoms with Gasteiger partial charge < -0.3 is 26.0 Å². The smallest absolute Gasteiger partial charge is 0.202 e. The van der Waals surface area contributed by atoms with Gasteiger partial charge in [-0.15, -0.1) is 0 Å². The highest BCUT2D eigenvalue weighted by Gasteiger charge is 2.41. The number of rotatable bonds is 8. The van der Waals surface area contributed by atoms with Crippen LogP contribution in [0.15, 0.2) is 65.5 Å². The van der Waals surface area contributed by atoms with E-state index in [9.17, 15) is 15.0 Å². The van der Waals surface area contributed by atoms with Gasteiger partial charge in [-0.3, -0.25) is 4.79 Å². The number of nitrogen functional groups attached to an aromatic ring is 1. The molecule has 1 aliphatic carbocycles. The number of anilines is 2. The maximum atomic E-state index is 13.3. The Kier molecular flexibility index (Phi) is 7.55. The van der Waals surface area contributed by atoms with Crippen molar-refractivity contribution in [2.75, 3.05) is 18.2 Å². The van der Waals surface area contributed by atoms with E-state index in [0.717, 1.165) is 20.9 Å². The molecule has 4 aromatic rings. The molecule has 0 aliphatic heterocycles. The zero-order chi connectivity index (χ0) is 26.8. The third kappa shape index (κ3) is 5.20. The molecule has 10 heteroatoms. The zero-order valence-electron chi connectivity index (χ0n) is 20.7. The average molecular weight is 578 g/mol. The number of ketones is 1. The van der Waals surface area contributed by atoms with Crippen molar-refractivity contribution in [1.29, 1.82) is 0 Å². The first kappa shape index (κ1) is 26.0. The van der Waals surface area contributed by atoms with Crippen LogP contribution in [-0.2, 0) is 6.42 Å². The molecular weight excluding hydrogens is 550 g/mol. The van der Waals surface area contributed by atoms with Crippen LogP contribution in [0.1, 0.15) is 34.3 Å². The summed E-state index contributed by atoms with van der Waals surface area (Å²) in [5.74, 6) is 0.746. The Morgan fingerprint density at radius 1 is 1.16 bits per heavy atom. The van der Waals surface area contributed by atoms with E-state index < -0.39 is 18.2 Å². The maximum Gasteiger partial charge on any atom is 0.202 e. The molecule has 2 aromatic carbocycles. The van der Waals surface area contributed by atoms with Crippen LogP contribution < -0.4 is 15.8 Å². The summed E-state index contributed by atoms with van der Waals surface area (Å²) in [4.78, 5) is 26.0. The third-order valence-electron chi connectivity index (χ3n) is 7.10. The van der Waals surface area contributed by atoms with Gasteiger partial charge in [0.25, 0.3) is 0 Å². The summed E-state index contributed by atoms with van der Waals surface area (Å²) in [6.07, 6.45) is 2.76. The van der Waals surface area contributed by atoms with E-state index in [-0.39, 0.29) is 17.3 Å². The second kappa shape index (κ2) is 11.0. The number of nitrogens with one attached hydrogen (secondary N) is 1. The average Bonchev–Trinajstić information content (AvgIpc) is 3.20. The van der Waals surface area contributed by atoms with Crippen molar-refractivity contribution in [2.24, 2.45) is 5.92 Å². The predicted octanol–water partition coefficient (Wildman–Crippen LogP) is 3.76. The summed E-state index contributed by atoms with van der Waals surface area (Å²) in [6, 6.07) is 14.4. The topological polar surface area (TPSA) is 143 Å². The van der Waals surface area contributed by atoms with Crippen molar-refractivity contribution >= 4 is 44.3 Å². The molecule has 4 atom stereocenters. The second-order valence-corrected chi connectivity index (χ2v) is 10.3. The van der Waals surface area contributed by atoms with E-state index >= 15 is 0 Å². The largest absolute Gasteiger partial charge is 0.496 e. The lowest BCUT2D eigenvalue weighted by Crippen LogP contribution is -2.35. The van der Waals surface area contributed by atoms with E-state index in [2.05, 4.69) is 36.2 Å². The molecule has 0 spiro atoms. The fraction of sp³-hybridized carbons (Fsp3) is 0.286. The number of aryl methyl sites for hydroxylation is 1. The molecule has 196 valence electrons. The zero-order valence-corrected chi connectivity index (χ0v) is 22.3. The lowest BCUT2D eigenvalue weighted by atomic mass is 9.95. The minimum absolute atomic E-state index is 0.142. The van der Waals surface area contributed by atoms with Crippen LogP contribution in [-0.4, -0.2) is 56.3 Å². The number of aliphatic hydroxyl groups excluding tert-OH is 2. The van der Waals surface area contributed by atoms with E-state index in [1.807, 2.05) is 24.3 Å². The number of nitrogens with zero attached hydrogens (tertiary/aromatic N) is 3. The summed E-state index contributed by atoms with van der Waals surface area (Å²) >= 11 is 3.41. The van der Waals surface area contributed by atoms with Gasteiger partial charge in [-0.2, -0.15) is 0 Å². The van der Waals surface area contributed by atoms with Crippen LogP contribution >= 0.6 is 15.9 Å². The number of hydrogen-bond donors (Lipinski definition) is 4. The Balaban J connectivity index is 1.29. The number of para-hydroxylation sites is 1.